The number of pyridine rings is 3. The number of fused-ring (bicyclic) bond motifs is 3. The van der Waals surface area contributed by atoms with Crippen molar-refractivity contribution in [2.24, 2.45) is 24.8 Å². The van der Waals surface area contributed by atoms with Gasteiger partial charge in [0.2, 0.25) is 17.7 Å². The first-order valence-electron chi connectivity index (χ1n) is 33.5. The quantitative estimate of drug-likeness (QED) is 0.0711. The van der Waals surface area contributed by atoms with Gasteiger partial charge in [-0.25, -0.2) is 13.8 Å². The molecule has 94 heavy (non-hydrogen) atoms. The van der Waals surface area contributed by atoms with E-state index < -0.39 is 17.7 Å². The van der Waals surface area contributed by atoms with Crippen LogP contribution in [0.4, 0.5) is 38.5 Å². The molecule has 6 aliphatic heterocycles. The Bertz CT molecular complexity index is 4340. The number of carbonyl (C=O) groups excluding carboxylic acids is 3. The lowest BCUT2D eigenvalue weighted by Gasteiger charge is -2.48. The zero-order valence-corrected chi connectivity index (χ0v) is 54.9. The first-order valence-corrected chi connectivity index (χ1v) is 34.3. The Balaban J connectivity index is 0.658. The minimum atomic E-state index is -4.53. The van der Waals surface area contributed by atoms with Crippen LogP contribution < -0.4 is 36.1 Å². The average Bonchev–Trinajstić information content (AvgIpc) is 1.18. The molecule has 3 saturated heterocycles. The van der Waals surface area contributed by atoms with E-state index in [1.807, 2.05) is 35.8 Å². The van der Waals surface area contributed by atoms with Crippen LogP contribution in [0.15, 0.2) is 50.8 Å². The summed E-state index contributed by atoms with van der Waals surface area (Å²) < 4.78 is 82.5. The lowest BCUT2D eigenvalue weighted by atomic mass is 9.85. The molecule has 0 bridgehead atoms. The number of aromatic nitrogens is 4. The van der Waals surface area contributed by atoms with E-state index in [0.717, 1.165) is 106 Å². The van der Waals surface area contributed by atoms with E-state index in [1.54, 1.807) is 62.6 Å². The highest BCUT2D eigenvalue weighted by molar-refractivity contribution is 7.15. The Kier molecular flexibility index (Phi) is 15.6. The first kappa shape index (κ1) is 62.3. The molecule has 4 aromatic heterocycles. The monoisotopic (exact) mass is 1310 g/mol. The predicted octanol–water partition coefficient (Wildman–Crippen LogP) is 9.97. The van der Waals surface area contributed by atoms with Gasteiger partial charge in [-0.3, -0.25) is 28.8 Å². The molecular formula is C71H79F5N10O7S. The molecule has 3 amide bonds. The number of nitrogens with zero attached hydrogens (tertiary/aromatic N) is 10. The van der Waals surface area contributed by atoms with Crippen LogP contribution in [0.25, 0.3) is 0 Å². The van der Waals surface area contributed by atoms with Crippen molar-refractivity contribution in [1.29, 1.82) is 0 Å². The van der Waals surface area contributed by atoms with E-state index in [1.165, 1.54) is 6.07 Å². The van der Waals surface area contributed by atoms with Gasteiger partial charge in [-0.2, -0.15) is 13.2 Å². The largest absolute Gasteiger partial charge is 0.487 e. The smallest absolute Gasteiger partial charge is 0.434 e. The maximum Gasteiger partial charge on any atom is 0.434 e. The molecule has 2 aromatic carbocycles. The Hall–Kier alpha value is -7.82. The molecule has 2 atom stereocenters. The number of thiazole rings is 1. The molecule has 496 valence electrons. The molecular weight excluding hydrogens is 1230 g/mol. The Labute approximate surface area is 545 Å². The van der Waals surface area contributed by atoms with Crippen molar-refractivity contribution >= 4 is 45.6 Å². The molecule has 9 aliphatic rings. The maximum atomic E-state index is 15.2. The summed E-state index contributed by atoms with van der Waals surface area (Å²) in [6, 6.07) is 10.4. The number of hydrogen-bond acceptors (Lipinski definition) is 12. The van der Waals surface area contributed by atoms with Crippen molar-refractivity contribution in [2.75, 3.05) is 47.4 Å². The Morgan fingerprint density at radius 2 is 1.14 bits per heavy atom. The van der Waals surface area contributed by atoms with Gasteiger partial charge in [0.25, 0.3) is 16.7 Å². The summed E-state index contributed by atoms with van der Waals surface area (Å²) in [5.74, 6) is -0.333. The third-order valence-electron chi connectivity index (χ3n) is 22.2. The number of benzene rings is 2. The predicted molar refractivity (Wildman–Crippen MR) is 345 cm³/mol. The normalized spacial score (nSPS) is 20.2. The number of alkyl halides is 3. The van der Waals surface area contributed by atoms with E-state index in [0.29, 0.717) is 96.1 Å². The third-order valence-corrected chi connectivity index (χ3v) is 23.5. The minimum absolute atomic E-state index is 0.0101. The van der Waals surface area contributed by atoms with Crippen LogP contribution in [0.3, 0.4) is 0 Å². The van der Waals surface area contributed by atoms with Gasteiger partial charge in [0.1, 0.15) is 5.82 Å². The summed E-state index contributed by atoms with van der Waals surface area (Å²) in [4.78, 5) is 102. The van der Waals surface area contributed by atoms with Crippen molar-refractivity contribution in [2.45, 2.75) is 188 Å². The molecule has 3 aliphatic carbocycles. The van der Waals surface area contributed by atoms with Crippen LogP contribution in [0.1, 0.15) is 160 Å². The molecule has 6 aromatic rings. The van der Waals surface area contributed by atoms with Crippen LogP contribution in [-0.2, 0) is 92.8 Å². The lowest BCUT2D eigenvalue weighted by molar-refractivity contribution is -0.141. The summed E-state index contributed by atoms with van der Waals surface area (Å²) >= 11 is 1.10. The number of ether oxygens (including phenoxy) is 1. The topological polar surface area (TPSA) is 159 Å². The molecule has 17 nitrogen and oxygen atoms in total. The highest BCUT2D eigenvalue weighted by Crippen LogP contribution is 2.51. The molecule has 0 spiro atoms. The molecule has 6 fully saturated rings. The average molecular weight is 1310 g/mol. The van der Waals surface area contributed by atoms with E-state index >= 15 is 9.18 Å². The van der Waals surface area contributed by atoms with Crippen LogP contribution in [0.5, 0.6) is 5.75 Å². The number of amides is 3. The van der Waals surface area contributed by atoms with Gasteiger partial charge in [0, 0.05) is 172 Å². The molecule has 2 unspecified atom stereocenters. The van der Waals surface area contributed by atoms with Crippen molar-refractivity contribution < 1.29 is 41.1 Å². The maximum absolute atomic E-state index is 15.2. The van der Waals surface area contributed by atoms with Crippen LogP contribution >= 0.6 is 11.3 Å². The number of rotatable bonds is 19. The van der Waals surface area contributed by atoms with Crippen LogP contribution in [0.2, 0.25) is 0 Å². The Morgan fingerprint density at radius 3 is 1.72 bits per heavy atom. The molecule has 0 radical (unpaired) electrons. The fourth-order valence-corrected chi connectivity index (χ4v) is 17.0. The Morgan fingerprint density at radius 1 is 0.596 bits per heavy atom. The van der Waals surface area contributed by atoms with Crippen molar-refractivity contribution in [3.63, 3.8) is 0 Å². The second kappa shape index (κ2) is 23.5. The second-order valence-electron chi connectivity index (χ2n) is 28.5. The SMILES string of the molecule is Cc1c2c(n(CCc3c4c(n(CCc5c6c(n(C)c(=O)c5C)CN(C(=O)CC5CN(c7nc(C(F)(F)F)c(C8CC8)s7)C5)C6)c(=O)c3C)CN(C(=O)CC3CN(c5ccc(F)c(OC6CC6)c5)C3)C4)c(=O)c1C)CN(C(=O)CC1CN(c3ccc(C4CC4)c(F)c3)C1C)C2. The zero-order chi connectivity index (χ0) is 65.7. The molecule has 23 heteroatoms. The standard InChI is InChI=1S/C71H79F5N10O7S/c1-37-38(2)68(91)84(59-35-80(31-53(37)59)64(89)23-46-30-86(41(46)5)48-11-15-52(44-7-8-44)57(73)24-48)19-18-51-40(4)69(92)85(60-36-82(33-55(51)60)63(88)21-42-26-79(27-42)47-12-16-56(72)61(25-47)93-49-13-14-49)20-17-50-39(3)67(90)78(6)58-34-81(32-54(50)58)62(87)22-43-28-83(29-43)70-77-66(71(74,75)76)65(94-70)45-9-10-45/h11-12,15-16,24-25,41-46,49H,7-10,13-14,17-23,26-36H2,1-6H3. The summed E-state index contributed by atoms with van der Waals surface area (Å²) in [5, 5.41) is 0.336. The number of anilines is 3. The summed E-state index contributed by atoms with van der Waals surface area (Å²) in [6.45, 7) is 13.9. The summed E-state index contributed by atoms with van der Waals surface area (Å²) in [5.41, 5.74) is 9.71. The van der Waals surface area contributed by atoms with E-state index in [2.05, 4.69) is 21.7 Å². The number of hydrogen-bond donors (Lipinski definition) is 0. The first-order chi connectivity index (χ1) is 44.9. The highest BCUT2D eigenvalue weighted by Gasteiger charge is 2.46. The van der Waals surface area contributed by atoms with E-state index in [-0.39, 0.29) is 147 Å². The lowest BCUT2D eigenvalue weighted by Crippen LogP contribution is -2.56. The molecule has 15 rings (SSSR count). The van der Waals surface area contributed by atoms with Crippen molar-refractivity contribution in [3.8, 4) is 5.75 Å². The van der Waals surface area contributed by atoms with Gasteiger partial charge in [-0.05, 0) is 161 Å². The van der Waals surface area contributed by atoms with Crippen LogP contribution in [-0.4, -0.2) is 96.0 Å². The molecule has 0 N–H and O–H groups in total. The van der Waals surface area contributed by atoms with Crippen LogP contribution in [0, 0.1) is 57.1 Å². The van der Waals surface area contributed by atoms with Gasteiger partial charge in [0.15, 0.2) is 22.4 Å². The summed E-state index contributed by atoms with van der Waals surface area (Å²) in [7, 11) is 1.70. The number of carbonyl (C=O) groups is 3. The molecule has 3 saturated carbocycles. The minimum Gasteiger partial charge on any atom is -0.487 e. The van der Waals surface area contributed by atoms with E-state index in [4.69, 9.17) is 4.74 Å². The van der Waals surface area contributed by atoms with Gasteiger partial charge in [-0.15, -0.1) is 11.3 Å². The van der Waals surface area contributed by atoms with Gasteiger partial charge in [0.05, 0.1) is 25.7 Å². The number of halogens is 5. The molecule has 10 heterocycles. The fourth-order valence-electron chi connectivity index (χ4n) is 15.7. The summed E-state index contributed by atoms with van der Waals surface area (Å²) in [6.07, 6.45) is 2.12. The van der Waals surface area contributed by atoms with E-state index in [9.17, 15) is 41.5 Å². The van der Waals surface area contributed by atoms with Gasteiger partial charge in [-0.1, -0.05) is 6.07 Å². The fraction of sp³-hybridized carbons (Fsp3) is 0.535. The van der Waals surface area contributed by atoms with Crippen molar-refractivity contribution in [1.82, 2.24) is 33.4 Å². The zero-order valence-electron chi connectivity index (χ0n) is 54.1. The van der Waals surface area contributed by atoms with Crippen molar-refractivity contribution in [3.05, 3.63) is 162 Å². The van der Waals surface area contributed by atoms with Gasteiger partial charge >= 0.3 is 6.18 Å². The third kappa shape index (κ3) is 11.3. The van der Waals surface area contributed by atoms with Gasteiger partial charge < -0.3 is 47.8 Å². The second-order valence-corrected chi connectivity index (χ2v) is 29.5. The highest BCUT2D eigenvalue weighted by atomic mass is 32.1.